The molecule has 1 aromatic carbocycles. The second kappa shape index (κ2) is 7.06. The number of benzene rings is 1. The summed E-state index contributed by atoms with van der Waals surface area (Å²) in [5, 5.41) is 0. The smallest absolute Gasteiger partial charge is 0.417 e. The lowest BCUT2D eigenvalue weighted by atomic mass is 9.95. The number of esters is 1. The van der Waals surface area contributed by atoms with Crippen LogP contribution in [0.2, 0.25) is 0 Å². The lowest BCUT2D eigenvalue weighted by Crippen LogP contribution is -2.21. The minimum Gasteiger partial charge on any atom is -0.464 e. The second-order valence-corrected chi connectivity index (χ2v) is 7.82. The Balaban J connectivity index is 2.66. The zero-order valence-corrected chi connectivity index (χ0v) is 16.7. The van der Waals surface area contributed by atoms with Gasteiger partial charge in [0.25, 0.3) is 0 Å². The highest BCUT2D eigenvalue weighted by Gasteiger charge is 2.36. The molecule has 0 fully saturated rings. The topological polar surface area (TPSA) is 44.1 Å². The lowest BCUT2D eigenvalue weighted by molar-refractivity contribution is -0.138. The fourth-order valence-corrected chi connectivity index (χ4v) is 3.41. The first-order valence-corrected chi connectivity index (χ1v) is 8.67. The lowest BCUT2D eigenvalue weighted by Gasteiger charge is -2.22. The number of methoxy groups -OCH3 is 1. The molecule has 142 valence electrons. The van der Waals surface area contributed by atoms with E-state index in [1.807, 2.05) is 20.8 Å². The first kappa shape index (κ1) is 20.5. The van der Waals surface area contributed by atoms with Crippen LogP contribution in [0.1, 0.15) is 53.9 Å². The van der Waals surface area contributed by atoms with E-state index < -0.39 is 23.1 Å². The van der Waals surface area contributed by atoms with Crippen LogP contribution in [-0.4, -0.2) is 22.6 Å². The maximum Gasteiger partial charge on any atom is 0.417 e. The van der Waals surface area contributed by atoms with Crippen LogP contribution in [0.15, 0.2) is 22.7 Å². The van der Waals surface area contributed by atoms with Gasteiger partial charge in [0.2, 0.25) is 0 Å². The number of nitrogens with zero attached hydrogens (tertiary/aromatic N) is 2. The molecular formula is C18H20BrF3N2O2. The molecule has 0 aliphatic carbocycles. The number of carbonyl (C=O) groups excluding carboxylic acids is 1. The third kappa shape index (κ3) is 3.95. The van der Waals surface area contributed by atoms with Crippen molar-refractivity contribution in [1.82, 2.24) is 9.55 Å². The van der Waals surface area contributed by atoms with Crippen LogP contribution in [-0.2, 0) is 22.9 Å². The number of ether oxygens (including phenoxy) is 1. The molecule has 0 spiro atoms. The average molecular weight is 433 g/mol. The van der Waals surface area contributed by atoms with Crippen molar-refractivity contribution in [3.63, 3.8) is 0 Å². The van der Waals surface area contributed by atoms with Gasteiger partial charge in [-0.1, -0.05) is 48.8 Å². The van der Waals surface area contributed by atoms with E-state index in [9.17, 15) is 18.0 Å². The van der Waals surface area contributed by atoms with Crippen LogP contribution in [0.3, 0.4) is 0 Å². The van der Waals surface area contributed by atoms with Gasteiger partial charge in [-0.2, -0.15) is 13.2 Å². The van der Waals surface area contributed by atoms with E-state index in [-0.39, 0.29) is 22.3 Å². The Kier molecular flexibility index (Phi) is 5.56. The quantitative estimate of drug-likeness (QED) is 0.633. The van der Waals surface area contributed by atoms with Crippen LogP contribution in [0, 0.1) is 6.92 Å². The van der Waals surface area contributed by atoms with Crippen LogP contribution < -0.4 is 0 Å². The summed E-state index contributed by atoms with van der Waals surface area (Å²) in [6.07, 6.45) is -4.50. The molecular weight excluding hydrogens is 413 g/mol. The van der Waals surface area contributed by atoms with Crippen molar-refractivity contribution >= 4 is 21.9 Å². The van der Waals surface area contributed by atoms with Gasteiger partial charge in [0.05, 0.1) is 12.7 Å². The van der Waals surface area contributed by atoms with Crippen LogP contribution in [0.25, 0.3) is 0 Å². The molecule has 1 aromatic heterocycles. The zero-order chi connectivity index (χ0) is 19.9. The highest BCUT2D eigenvalue weighted by atomic mass is 79.9. The Bertz CT molecular complexity index is 836. The highest BCUT2D eigenvalue weighted by molar-refractivity contribution is 9.10. The summed E-state index contributed by atoms with van der Waals surface area (Å²) < 4.78 is 46.9. The van der Waals surface area contributed by atoms with Gasteiger partial charge in [-0.25, -0.2) is 9.78 Å². The van der Waals surface area contributed by atoms with Crippen molar-refractivity contribution in [2.24, 2.45) is 0 Å². The number of alkyl halides is 3. The summed E-state index contributed by atoms with van der Waals surface area (Å²) in [6, 6.07) is 4.34. The molecule has 0 aliphatic rings. The Morgan fingerprint density at radius 1 is 1.27 bits per heavy atom. The average Bonchev–Trinajstić information content (AvgIpc) is 2.82. The van der Waals surface area contributed by atoms with E-state index >= 15 is 0 Å². The maximum atomic E-state index is 13.5. The van der Waals surface area contributed by atoms with Gasteiger partial charge in [0, 0.05) is 22.1 Å². The van der Waals surface area contributed by atoms with Crippen LogP contribution in [0.5, 0.6) is 0 Å². The first-order valence-electron chi connectivity index (χ1n) is 7.88. The van der Waals surface area contributed by atoms with Gasteiger partial charge >= 0.3 is 12.1 Å². The van der Waals surface area contributed by atoms with Crippen molar-refractivity contribution < 1.29 is 22.7 Å². The molecule has 2 aromatic rings. The summed E-state index contributed by atoms with van der Waals surface area (Å²) in [7, 11) is 1.24. The van der Waals surface area contributed by atoms with Crippen LogP contribution in [0.4, 0.5) is 13.2 Å². The SMILES string of the molecule is COC(=O)c1nc(C(C)(C)C)n(Cc2cccc(Br)c2C(F)(F)F)c1C. The van der Waals surface area contributed by atoms with E-state index in [4.69, 9.17) is 4.74 Å². The Hall–Kier alpha value is -1.83. The van der Waals surface area contributed by atoms with E-state index in [2.05, 4.69) is 20.9 Å². The summed E-state index contributed by atoms with van der Waals surface area (Å²) >= 11 is 2.99. The summed E-state index contributed by atoms with van der Waals surface area (Å²) in [4.78, 5) is 16.3. The van der Waals surface area contributed by atoms with Gasteiger partial charge in [0.1, 0.15) is 5.82 Å². The molecule has 0 radical (unpaired) electrons. The van der Waals surface area contributed by atoms with E-state index in [0.29, 0.717) is 11.5 Å². The van der Waals surface area contributed by atoms with Crippen molar-refractivity contribution in [2.75, 3.05) is 7.11 Å². The van der Waals surface area contributed by atoms with Crippen molar-refractivity contribution in [2.45, 2.75) is 45.8 Å². The summed E-state index contributed by atoms with van der Waals surface area (Å²) in [6.45, 7) is 7.25. The molecule has 0 saturated carbocycles. The fourth-order valence-electron chi connectivity index (χ4n) is 2.78. The number of hydrogen-bond acceptors (Lipinski definition) is 3. The van der Waals surface area contributed by atoms with E-state index in [1.54, 1.807) is 17.6 Å². The molecule has 26 heavy (non-hydrogen) atoms. The molecule has 0 bridgehead atoms. The van der Waals surface area contributed by atoms with Gasteiger partial charge < -0.3 is 9.30 Å². The second-order valence-electron chi connectivity index (χ2n) is 6.97. The van der Waals surface area contributed by atoms with Gasteiger partial charge in [-0.05, 0) is 18.6 Å². The first-order chi connectivity index (χ1) is 11.9. The number of hydrogen-bond donors (Lipinski definition) is 0. The van der Waals surface area contributed by atoms with Crippen molar-refractivity contribution in [1.29, 1.82) is 0 Å². The molecule has 8 heteroatoms. The molecule has 0 N–H and O–H groups in total. The van der Waals surface area contributed by atoms with E-state index in [0.717, 1.165) is 0 Å². The summed E-state index contributed by atoms with van der Waals surface area (Å²) in [5.74, 6) is -0.0967. The number of rotatable bonds is 3. The molecule has 0 atom stereocenters. The standard InChI is InChI=1S/C18H20BrF3N2O2/c1-10-14(15(25)26-5)23-16(17(2,3)4)24(10)9-11-7-6-8-12(19)13(11)18(20,21)22/h6-8H,9H2,1-5H3. The van der Waals surface area contributed by atoms with Gasteiger partial charge in [-0.3, -0.25) is 0 Å². The van der Waals surface area contributed by atoms with Gasteiger partial charge in [0.15, 0.2) is 5.69 Å². The molecule has 4 nitrogen and oxygen atoms in total. The minimum atomic E-state index is -4.50. The predicted molar refractivity (Wildman–Crippen MR) is 95.2 cm³/mol. The largest absolute Gasteiger partial charge is 0.464 e. The molecule has 1 heterocycles. The van der Waals surface area contributed by atoms with E-state index in [1.165, 1.54) is 19.2 Å². The fraction of sp³-hybridized carbons (Fsp3) is 0.444. The molecule has 0 saturated heterocycles. The third-order valence-corrected chi connectivity index (χ3v) is 4.64. The molecule has 0 amide bonds. The Labute approximate surface area is 158 Å². The molecule has 2 rings (SSSR count). The normalized spacial score (nSPS) is 12.3. The van der Waals surface area contributed by atoms with Gasteiger partial charge in [-0.15, -0.1) is 0 Å². The number of aromatic nitrogens is 2. The summed E-state index contributed by atoms with van der Waals surface area (Å²) in [5.41, 5.74) is -0.528. The third-order valence-electron chi connectivity index (χ3n) is 3.98. The van der Waals surface area contributed by atoms with Crippen molar-refractivity contribution in [3.05, 3.63) is 51.0 Å². The zero-order valence-electron chi connectivity index (χ0n) is 15.2. The monoisotopic (exact) mass is 432 g/mol. The minimum absolute atomic E-state index is 0.0224. The van der Waals surface area contributed by atoms with Crippen LogP contribution >= 0.6 is 15.9 Å². The molecule has 0 aliphatic heterocycles. The Morgan fingerprint density at radius 2 is 1.88 bits per heavy atom. The number of imidazole rings is 1. The maximum absolute atomic E-state index is 13.5. The van der Waals surface area contributed by atoms with Crippen molar-refractivity contribution in [3.8, 4) is 0 Å². The predicted octanol–water partition coefficient (Wildman–Crippen LogP) is 5.11. The molecule has 0 unspecified atom stereocenters. The Morgan fingerprint density at radius 3 is 2.38 bits per heavy atom. The highest BCUT2D eigenvalue weighted by Crippen LogP contribution is 2.38. The number of halogens is 4. The number of carbonyl (C=O) groups is 1.